The van der Waals surface area contributed by atoms with Crippen molar-refractivity contribution in [2.24, 2.45) is 5.92 Å². The molecule has 0 saturated carbocycles. The molecular weight excluding hydrogens is 705 g/mol. The highest BCUT2D eigenvalue weighted by Gasteiger charge is 2.41. The van der Waals surface area contributed by atoms with Gasteiger partial charge in [-0.2, -0.15) is 0 Å². The maximum atomic E-state index is 13.0. The van der Waals surface area contributed by atoms with Crippen LogP contribution in [0.3, 0.4) is 0 Å². The van der Waals surface area contributed by atoms with Gasteiger partial charge in [-0.1, -0.05) is 97.9 Å². The summed E-state index contributed by atoms with van der Waals surface area (Å²) < 4.78 is 18.7. The first kappa shape index (κ1) is 39.6. The molecule has 3 aliphatic rings. The molecule has 6 atom stereocenters. The first-order chi connectivity index (χ1) is 27.4. The Labute approximate surface area is 331 Å². The van der Waals surface area contributed by atoms with Crippen molar-refractivity contribution in [1.29, 1.82) is 0 Å². The lowest BCUT2D eigenvalue weighted by molar-refractivity contribution is -0.276. The van der Waals surface area contributed by atoms with E-state index in [0.717, 1.165) is 58.6 Å². The van der Waals surface area contributed by atoms with Gasteiger partial charge in [0.05, 0.1) is 25.9 Å². The fourth-order valence-electron chi connectivity index (χ4n) is 8.47. The van der Waals surface area contributed by atoms with E-state index in [1.807, 2.05) is 60.7 Å². The second kappa shape index (κ2) is 19.0. The van der Waals surface area contributed by atoms with Crippen molar-refractivity contribution in [3.8, 4) is 11.1 Å². The van der Waals surface area contributed by atoms with Crippen LogP contribution in [-0.4, -0.2) is 84.9 Å². The van der Waals surface area contributed by atoms with Crippen LogP contribution >= 0.6 is 0 Å². The van der Waals surface area contributed by atoms with E-state index in [1.54, 1.807) is 0 Å². The Hall–Kier alpha value is -4.58. The molecule has 6 unspecified atom stereocenters. The van der Waals surface area contributed by atoms with Crippen molar-refractivity contribution >= 4 is 12.0 Å². The van der Waals surface area contributed by atoms with Crippen LogP contribution in [0.2, 0.25) is 0 Å². The summed E-state index contributed by atoms with van der Waals surface area (Å²) in [7, 11) is 1.32. The molecule has 7 rings (SSSR count). The van der Waals surface area contributed by atoms with Crippen LogP contribution in [0.5, 0.6) is 0 Å². The van der Waals surface area contributed by atoms with Crippen molar-refractivity contribution in [1.82, 2.24) is 20.4 Å². The number of urea groups is 1. The Balaban J connectivity index is 1.05. The number of likely N-dealkylation sites (tertiary alicyclic amines) is 2. The number of carbonyl (C=O) groups is 2. The first-order valence-electron chi connectivity index (χ1n) is 20.2. The topological polar surface area (TPSA) is 113 Å². The van der Waals surface area contributed by atoms with E-state index in [-0.39, 0.29) is 31.3 Å². The Morgan fingerprint density at radius 3 is 2.29 bits per heavy atom. The Kier molecular flexibility index (Phi) is 13.5. The lowest BCUT2D eigenvalue weighted by atomic mass is 9.89. The standard InChI is InChI=1S/C46H56N4O6/c1-32-42(30-50-24-10-17-40(50)29-49-22-6-7-23-49)55-45(56-43(32)36-20-18-34(31-51)19-21-36)39-16-9-15-38(27-39)37-14-8-13-35(25-37)28-47-46(53)48-41(44(52)54-2)26-33-11-4-3-5-12-33/h3-5,8-9,11-16,18-21,25,27,32,40-43,45,51H,6-7,10,17,22-24,26,28-31H2,1-2H3,(H2,47,48,53). The molecule has 56 heavy (non-hydrogen) atoms. The number of benzene rings is 4. The van der Waals surface area contributed by atoms with Gasteiger partial charge in [-0.25, -0.2) is 9.59 Å². The van der Waals surface area contributed by atoms with Gasteiger partial charge >= 0.3 is 12.0 Å². The van der Waals surface area contributed by atoms with Crippen molar-refractivity contribution < 1.29 is 28.9 Å². The van der Waals surface area contributed by atoms with Gasteiger partial charge < -0.3 is 34.9 Å². The number of aliphatic hydroxyl groups excluding tert-OH is 1. The maximum absolute atomic E-state index is 13.0. The lowest BCUT2D eigenvalue weighted by Crippen LogP contribution is -2.48. The van der Waals surface area contributed by atoms with E-state index >= 15 is 0 Å². The third kappa shape index (κ3) is 10.0. The van der Waals surface area contributed by atoms with Gasteiger partial charge in [-0.3, -0.25) is 4.90 Å². The smallest absolute Gasteiger partial charge is 0.328 e. The van der Waals surface area contributed by atoms with Gasteiger partial charge in [0.25, 0.3) is 0 Å². The number of esters is 1. The molecule has 3 aliphatic heterocycles. The van der Waals surface area contributed by atoms with Crippen LogP contribution < -0.4 is 10.6 Å². The monoisotopic (exact) mass is 760 g/mol. The Morgan fingerprint density at radius 2 is 1.54 bits per heavy atom. The number of nitrogens with one attached hydrogen (secondary N) is 2. The second-order valence-corrected chi connectivity index (χ2v) is 15.5. The molecule has 4 aromatic rings. The maximum Gasteiger partial charge on any atom is 0.328 e. The molecular formula is C46H56N4O6. The van der Waals surface area contributed by atoms with Gasteiger partial charge in [0, 0.05) is 43.6 Å². The normalized spacial score (nSPS) is 23.4. The van der Waals surface area contributed by atoms with E-state index < -0.39 is 24.3 Å². The van der Waals surface area contributed by atoms with Crippen LogP contribution in [0.15, 0.2) is 103 Å². The molecule has 2 amide bonds. The van der Waals surface area contributed by atoms with Crippen molar-refractivity contribution in [2.45, 2.75) is 82.8 Å². The molecule has 296 valence electrons. The molecule has 0 spiro atoms. The first-order valence-corrected chi connectivity index (χ1v) is 20.2. The third-order valence-electron chi connectivity index (χ3n) is 11.7. The molecule has 0 aliphatic carbocycles. The minimum atomic E-state index is -0.811. The molecule has 0 aromatic heterocycles. The lowest BCUT2D eigenvalue weighted by Gasteiger charge is -2.43. The van der Waals surface area contributed by atoms with Crippen molar-refractivity contribution in [2.75, 3.05) is 39.8 Å². The highest BCUT2D eigenvalue weighted by atomic mass is 16.7. The zero-order chi connectivity index (χ0) is 38.9. The number of rotatable bonds is 14. The average Bonchev–Trinajstić information content (AvgIpc) is 3.93. The largest absolute Gasteiger partial charge is 0.467 e. The molecule has 3 N–H and O–H groups in total. The molecule has 0 bridgehead atoms. The van der Waals surface area contributed by atoms with Gasteiger partial charge in [-0.05, 0) is 90.8 Å². The third-order valence-corrected chi connectivity index (χ3v) is 11.7. The van der Waals surface area contributed by atoms with E-state index in [1.165, 1.54) is 45.9 Å². The number of carbonyl (C=O) groups excluding carboxylic acids is 2. The van der Waals surface area contributed by atoms with Gasteiger partial charge in [0.1, 0.15) is 6.04 Å². The highest BCUT2D eigenvalue weighted by Crippen LogP contribution is 2.43. The number of hydrogen-bond donors (Lipinski definition) is 3. The predicted octanol–water partition coefficient (Wildman–Crippen LogP) is 6.78. The minimum absolute atomic E-state index is 0.00491. The van der Waals surface area contributed by atoms with E-state index in [0.29, 0.717) is 12.5 Å². The summed E-state index contributed by atoms with van der Waals surface area (Å²) in [5, 5.41) is 15.4. The molecule has 0 radical (unpaired) electrons. The van der Waals surface area contributed by atoms with Gasteiger partial charge in [-0.15, -0.1) is 0 Å². The second-order valence-electron chi connectivity index (χ2n) is 15.5. The number of amides is 2. The summed E-state index contributed by atoms with van der Waals surface area (Å²) in [4.78, 5) is 30.7. The zero-order valence-electron chi connectivity index (χ0n) is 32.6. The predicted molar refractivity (Wildman–Crippen MR) is 216 cm³/mol. The minimum Gasteiger partial charge on any atom is -0.467 e. The fourth-order valence-corrected chi connectivity index (χ4v) is 8.47. The summed E-state index contributed by atoms with van der Waals surface area (Å²) >= 11 is 0. The van der Waals surface area contributed by atoms with Gasteiger partial charge in [0.2, 0.25) is 0 Å². The fraction of sp³-hybridized carbons (Fsp3) is 0.435. The van der Waals surface area contributed by atoms with Crippen LogP contribution in [-0.2, 0) is 38.6 Å². The summed E-state index contributed by atoms with van der Waals surface area (Å²) in [5.41, 5.74) is 6.76. The molecule has 3 fully saturated rings. The summed E-state index contributed by atoms with van der Waals surface area (Å²) in [6, 6.07) is 33.3. The highest BCUT2D eigenvalue weighted by molar-refractivity contribution is 5.83. The Morgan fingerprint density at radius 1 is 0.804 bits per heavy atom. The SMILES string of the molecule is COC(=O)C(Cc1ccccc1)NC(=O)NCc1cccc(-c2cccc(C3OC(CN4CCCC4CN4CCCC4)C(C)C(c4ccc(CO)cc4)O3)c2)c1. The number of nitrogens with zero attached hydrogens (tertiary/aromatic N) is 2. The van der Waals surface area contributed by atoms with Crippen LogP contribution in [0, 0.1) is 5.92 Å². The number of methoxy groups -OCH3 is 1. The summed E-state index contributed by atoms with van der Waals surface area (Å²) in [6.07, 6.45) is 4.60. The quantitative estimate of drug-likeness (QED) is 0.121. The van der Waals surface area contributed by atoms with Crippen molar-refractivity contribution in [3.63, 3.8) is 0 Å². The number of hydrogen-bond acceptors (Lipinski definition) is 8. The average molecular weight is 761 g/mol. The molecule has 10 heteroatoms. The molecule has 3 saturated heterocycles. The van der Waals surface area contributed by atoms with Crippen LogP contribution in [0.25, 0.3) is 11.1 Å². The molecule has 3 heterocycles. The van der Waals surface area contributed by atoms with Crippen molar-refractivity contribution in [3.05, 3.63) is 131 Å². The summed E-state index contributed by atoms with van der Waals surface area (Å²) in [6.45, 7) is 8.03. The molecule has 4 aromatic carbocycles. The number of aliphatic hydroxyl groups is 1. The Bertz CT molecular complexity index is 1880. The van der Waals surface area contributed by atoms with Crippen LogP contribution in [0.4, 0.5) is 4.79 Å². The number of ether oxygens (including phenoxy) is 3. The summed E-state index contributed by atoms with van der Waals surface area (Å²) in [5.74, 6) is -0.383. The van der Waals surface area contributed by atoms with E-state index in [2.05, 4.69) is 69.8 Å². The van der Waals surface area contributed by atoms with Crippen LogP contribution in [0.1, 0.15) is 72.8 Å². The van der Waals surface area contributed by atoms with Gasteiger partial charge in [0.15, 0.2) is 6.29 Å². The molecule has 10 nitrogen and oxygen atoms in total. The zero-order valence-corrected chi connectivity index (χ0v) is 32.6. The van der Waals surface area contributed by atoms with E-state index in [4.69, 9.17) is 14.2 Å². The van der Waals surface area contributed by atoms with E-state index in [9.17, 15) is 14.7 Å².